The van der Waals surface area contributed by atoms with Crippen LogP contribution in [-0.2, 0) is 16.0 Å². The Kier molecular flexibility index (Phi) is 6.73. The molecule has 2 rings (SSSR count). The van der Waals surface area contributed by atoms with Gasteiger partial charge in [-0.3, -0.25) is 14.4 Å². The number of piperidine rings is 1. The maximum absolute atomic E-state index is 12.3. The zero-order chi connectivity index (χ0) is 18.4. The van der Waals surface area contributed by atoms with Gasteiger partial charge in [0, 0.05) is 51.5 Å². The van der Waals surface area contributed by atoms with Gasteiger partial charge in [-0.1, -0.05) is 31.2 Å². The lowest BCUT2D eigenvalue weighted by atomic mass is 9.95. The molecule has 0 spiro atoms. The molecule has 5 heteroatoms. The Balaban J connectivity index is 1.78. The molecule has 1 aliphatic rings. The predicted molar refractivity (Wildman–Crippen MR) is 97.4 cm³/mol. The zero-order valence-electron chi connectivity index (χ0n) is 15.5. The molecule has 2 amide bonds. The Morgan fingerprint density at radius 1 is 1.04 bits per heavy atom. The number of ketones is 1. The molecule has 136 valence electrons. The first-order chi connectivity index (χ1) is 11.9. The summed E-state index contributed by atoms with van der Waals surface area (Å²) in [5, 5.41) is 0. The smallest absolute Gasteiger partial charge is 0.225 e. The summed E-state index contributed by atoms with van der Waals surface area (Å²) in [6.07, 6.45) is 2.82. The standard InChI is InChI=1S/C20H28N2O3/c1-4-15-5-7-16(8-6-15)18(23)9-10-19(24)22-13-11-17(12-14-22)20(25)21(2)3/h5-8,17H,4,9-14H2,1-3H3. The summed E-state index contributed by atoms with van der Waals surface area (Å²) in [5.41, 5.74) is 1.86. The molecule has 1 aromatic carbocycles. The van der Waals surface area contributed by atoms with Crippen molar-refractivity contribution in [1.82, 2.24) is 9.80 Å². The molecule has 1 saturated heterocycles. The van der Waals surface area contributed by atoms with Crippen LogP contribution in [0.5, 0.6) is 0 Å². The number of carbonyl (C=O) groups is 3. The van der Waals surface area contributed by atoms with Crippen LogP contribution in [0.25, 0.3) is 0 Å². The summed E-state index contributed by atoms with van der Waals surface area (Å²) in [5.74, 6) is 0.165. The lowest BCUT2D eigenvalue weighted by Gasteiger charge is -2.32. The molecule has 0 saturated carbocycles. The molecule has 0 radical (unpaired) electrons. The minimum absolute atomic E-state index is 0.00803. The zero-order valence-corrected chi connectivity index (χ0v) is 15.5. The average molecular weight is 344 g/mol. The van der Waals surface area contributed by atoms with E-state index in [9.17, 15) is 14.4 Å². The Morgan fingerprint density at radius 3 is 2.16 bits per heavy atom. The monoisotopic (exact) mass is 344 g/mol. The van der Waals surface area contributed by atoms with Gasteiger partial charge in [0.25, 0.3) is 0 Å². The molecule has 1 fully saturated rings. The number of hydrogen-bond donors (Lipinski definition) is 0. The van der Waals surface area contributed by atoms with Crippen molar-refractivity contribution in [2.45, 2.75) is 39.0 Å². The summed E-state index contributed by atoms with van der Waals surface area (Å²) in [7, 11) is 3.52. The number of likely N-dealkylation sites (tertiary alicyclic amines) is 1. The van der Waals surface area contributed by atoms with Crippen molar-refractivity contribution in [2.24, 2.45) is 5.92 Å². The van der Waals surface area contributed by atoms with Gasteiger partial charge in [-0.25, -0.2) is 0 Å². The second-order valence-electron chi connectivity index (χ2n) is 6.86. The third-order valence-corrected chi connectivity index (χ3v) is 4.89. The first-order valence-corrected chi connectivity index (χ1v) is 9.03. The van der Waals surface area contributed by atoms with Crippen LogP contribution in [0.2, 0.25) is 0 Å². The summed E-state index contributed by atoms with van der Waals surface area (Å²) in [6.45, 7) is 3.27. The van der Waals surface area contributed by atoms with Gasteiger partial charge in [0.1, 0.15) is 0 Å². The van der Waals surface area contributed by atoms with E-state index in [1.54, 1.807) is 23.9 Å². The molecular formula is C20H28N2O3. The van der Waals surface area contributed by atoms with Gasteiger partial charge < -0.3 is 9.80 Å². The highest BCUT2D eigenvalue weighted by Crippen LogP contribution is 2.20. The van der Waals surface area contributed by atoms with Crippen molar-refractivity contribution in [3.05, 3.63) is 35.4 Å². The van der Waals surface area contributed by atoms with E-state index in [-0.39, 0.29) is 36.4 Å². The van der Waals surface area contributed by atoms with E-state index in [2.05, 4.69) is 6.92 Å². The first kappa shape index (κ1) is 19.2. The molecule has 0 unspecified atom stereocenters. The number of carbonyl (C=O) groups excluding carboxylic acids is 3. The Morgan fingerprint density at radius 2 is 1.64 bits per heavy atom. The highest BCUT2D eigenvalue weighted by molar-refractivity contribution is 5.98. The number of benzene rings is 1. The maximum atomic E-state index is 12.3. The molecule has 0 aliphatic carbocycles. The topological polar surface area (TPSA) is 57.7 Å². The van der Waals surface area contributed by atoms with E-state index in [0.717, 1.165) is 6.42 Å². The molecule has 1 heterocycles. The predicted octanol–water partition coefficient (Wildman–Crippen LogP) is 2.54. The van der Waals surface area contributed by atoms with Gasteiger partial charge in [-0.2, -0.15) is 0 Å². The Hall–Kier alpha value is -2.17. The molecule has 5 nitrogen and oxygen atoms in total. The first-order valence-electron chi connectivity index (χ1n) is 9.03. The highest BCUT2D eigenvalue weighted by Gasteiger charge is 2.28. The lowest BCUT2D eigenvalue weighted by molar-refractivity contribution is -0.139. The van der Waals surface area contributed by atoms with Gasteiger partial charge in [-0.05, 0) is 24.8 Å². The molecule has 25 heavy (non-hydrogen) atoms. The number of amides is 2. The Bertz CT molecular complexity index is 614. The van der Waals surface area contributed by atoms with Crippen LogP contribution >= 0.6 is 0 Å². The number of hydrogen-bond acceptors (Lipinski definition) is 3. The molecule has 0 atom stereocenters. The fourth-order valence-corrected chi connectivity index (χ4v) is 3.19. The third kappa shape index (κ3) is 5.15. The quantitative estimate of drug-likeness (QED) is 0.745. The van der Waals surface area contributed by atoms with Crippen molar-refractivity contribution >= 4 is 17.6 Å². The SMILES string of the molecule is CCc1ccc(C(=O)CCC(=O)N2CCC(C(=O)N(C)C)CC2)cc1. The summed E-state index contributed by atoms with van der Waals surface area (Å²) < 4.78 is 0. The molecule has 0 aromatic heterocycles. The van der Waals surface area contributed by atoms with Crippen LogP contribution in [0, 0.1) is 5.92 Å². The van der Waals surface area contributed by atoms with Crippen LogP contribution in [0.3, 0.4) is 0 Å². The van der Waals surface area contributed by atoms with Gasteiger partial charge in [0.2, 0.25) is 11.8 Å². The van der Waals surface area contributed by atoms with E-state index in [1.807, 2.05) is 24.3 Å². The minimum Gasteiger partial charge on any atom is -0.349 e. The molecule has 0 N–H and O–H groups in total. The highest BCUT2D eigenvalue weighted by atomic mass is 16.2. The fraction of sp³-hybridized carbons (Fsp3) is 0.550. The largest absolute Gasteiger partial charge is 0.349 e. The van der Waals surface area contributed by atoms with Crippen LogP contribution in [-0.4, -0.2) is 54.6 Å². The van der Waals surface area contributed by atoms with E-state index < -0.39 is 0 Å². The van der Waals surface area contributed by atoms with Gasteiger partial charge in [-0.15, -0.1) is 0 Å². The second-order valence-corrected chi connectivity index (χ2v) is 6.86. The fourth-order valence-electron chi connectivity index (χ4n) is 3.19. The van der Waals surface area contributed by atoms with Crippen molar-refractivity contribution in [1.29, 1.82) is 0 Å². The molecule has 1 aliphatic heterocycles. The van der Waals surface area contributed by atoms with Gasteiger partial charge in [0.05, 0.1) is 0 Å². The van der Waals surface area contributed by atoms with E-state index in [4.69, 9.17) is 0 Å². The van der Waals surface area contributed by atoms with E-state index >= 15 is 0 Å². The van der Waals surface area contributed by atoms with Crippen molar-refractivity contribution in [2.75, 3.05) is 27.2 Å². The van der Waals surface area contributed by atoms with Gasteiger partial charge in [0.15, 0.2) is 5.78 Å². The van der Waals surface area contributed by atoms with Crippen LogP contribution in [0.4, 0.5) is 0 Å². The van der Waals surface area contributed by atoms with E-state index in [0.29, 0.717) is 31.5 Å². The number of rotatable bonds is 6. The van der Waals surface area contributed by atoms with Crippen molar-refractivity contribution in [3.63, 3.8) is 0 Å². The molecule has 1 aromatic rings. The van der Waals surface area contributed by atoms with Gasteiger partial charge >= 0.3 is 0 Å². The molecule has 0 bridgehead atoms. The Labute approximate surface area is 150 Å². The minimum atomic E-state index is 0.00803. The third-order valence-electron chi connectivity index (χ3n) is 4.89. The summed E-state index contributed by atoms with van der Waals surface area (Å²) in [4.78, 5) is 39.9. The number of nitrogens with zero attached hydrogens (tertiary/aromatic N) is 2. The van der Waals surface area contributed by atoms with Crippen molar-refractivity contribution < 1.29 is 14.4 Å². The molecular weight excluding hydrogens is 316 g/mol. The second kappa shape index (κ2) is 8.79. The van der Waals surface area contributed by atoms with E-state index in [1.165, 1.54) is 5.56 Å². The van der Waals surface area contributed by atoms with Crippen LogP contribution in [0.1, 0.15) is 48.5 Å². The maximum Gasteiger partial charge on any atom is 0.225 e. The van der Waals surface area contributed by atoms with Crippen molar-refractivity contribution in [3.8, 4) is 0 Å². The van der Waals surface area contributed by atoms with Crippen LogP contribution in [0.15, 0.2) is 24.3 Å². The van der Waals surface area contributed by atoms with Crippen LogP contribution < -0.4 is 0 Å². The number of Topliss-reactive ketones (excluding diaryl/α,β-unsaturated/α-hetero) is 1. The summed E-state index contributed by atoms with van der Waals surface area (Å²) in [6, 6.07) is 7.59. The lowest BCUT2D eigenvalue weighted by Crippen LogP contribution is -2.42. The number of aryl methyl sites for hydroxylation is 1. The normalized spacial score (nSPS) is 15.1. The average Bonchev–Trinajstić information content (AvgIpc) is 2.65. The summed E-state index contributed by atoms with van der Waals surface area (Å²) >= 11 is 0.